The van der Waals surface area contributed by atoms with Crippen LogP contribution in [-0.2, 0) is 20.4 Å². The van der Waals surface area contributed by atoms with Crippen molar-refractivity contribution in [3.05, 3.63) is 54.2 Å². The molecule has 0 saturated heterocycles. The topological polar surface area (TPSA) is 12.9 Å². The molecule has 0 aliphatic heterocycles. The fourth-order valence-electron chi connectivity index (χ4n) is 1.18. The first kappa shape index (κ1) is 11.1. The first-order chi connectivity index (χ1) is 6.36. The molecule has 0 saturated carbocycles. The van der Waals surface area contributed by atoms with Gasteiger partial charge < -0.3 is 4.98 Å². The van der Waals surface area contributed by atoms with E-state index in [1.165, 1.54) is 5.56 Å². The molecule has 0 bridgehead atoms. The average Bonchev–Trinajstić information content (AvgIpc) is 2.20. The first-order valence-electron chi connectivity index (χ1n) is 4.26. The summed E-state index contributed by atoms with van der Waals surface area (Å²) in [6.07, 6.45) is 1.79. The van der Waals surface area contributed by atoms with E-state index < -0.39 is 0 Å². The Bertz CT molecular complexity index is 381. The second-order valence-corrected chi connectivity index (χ2v) is 2.99. The first-order valence-corrected chi connectivity index (χ1v) is 4.26. The van der Waals surface area contributed by atoms with Crippen LogP contribution in [0.1, 0.15) is 5.56 Å². The molecule has 0 fully saturated rings. The van der Waals surface area contributed by atoms with Crippen LogP contribution in [0.25, 0.3) is 11.3 Å². The molecule has 2 rings (SSSR count). The van der Waals surface area contributed by atoms with Crippen molar-refractivity contribution < 1.29 is 20.4 Å². The Kier molecular flexibility index (Phi) is 4.01. The summed E-state index contributed by atoms with van der Waals surface area (Å²) in [6.45, 7) is 2.05. The van der Waals surface area contributed by atoms with Crippen molar-refractivity contribution in [1.29, 1.82) is 0 Å². The van der Waals surface area contributed by atoms with E-state index >= 15 is 0 Å². The summed E-state index contributed by atoms with van der Waals surface area (Å²) in [7, 11) is 0. The van der Waals surface area contributed by atoms with Gasteiger partial charge in [-0.05, 0) is 11.8 Å². The van der Waals surface area contributed by atoms with Gasteiger partial charge in [-0.3, -0.25) is 0 Å². The van der Waals surface area contributed by atoms with Crippen LogP contribution in [0.2, 0.25) is 0 Å². The second kappa shape index (κ2) is 5.05. The Morgan fingerprint density at radius 3 is 2.57 bits per heavy atom. The number of benzene rings is 1. The smallest absolute Gasteiger partial charge is 0.0160 e. The van der Waals surface area contributed by atoms with Gasteiger partial charge in [0.2, 0.25) is 0 Å². The molecule has 0 aliphatic carbocycles. The number of hydrogen-bond acceptors (Lipinski definition) is 1. The maximum atomic E-state index is 4.25. The Labute approximate surface area is 97.9 Å². The standard InChI is InChI=1S/C12H10N.Re/c1-10-5-7-11(8-6-10)12-4-2-3-9-13-12;/h2-7,9H,1H3;/q-1;. The molecule has 1 aromatic carbocycles. The largest absolute Gasteiger partial charge is 0.305 e. The SMILES string of the molecule is Cc1c[c-]c(-c2ccccn2)cc1.[Re]. The molecule has 14 heavy (non-hydrogen) atoms. The Hall–Kier alpha value is -0.968. The van der Waals surface area contributed by atoms with Gasteiger partial charge in [0.1, 0.15) is 0 Å². The molecular weight excluding hydrogens is 344 g/mol. The number of aromatic nitrogens is 1. The molecule has 0 spiro atoms. The van der Waals surface area contributed by atoms with E-state index in [1.54, 1.807) is 6.20 Å². The molecule has 2 heteroatoms. The van der Waals surface area contributed by atoms with Gasteiger partial charge in [0.25, 0.3) is 0 Å². The molecule has 0 unspecified atom stereocenters. The van der Waals surface area contributed by atoms with Crippen LogP contribution in [0.3, 0.4) is 0 Å². The molecule has 0 aliphatic rings. The van der Waals surface area contributed by atoms with Gasteiger partial charge in [-0.1, -0.05) is 19.1 Å². The summed E-state index contributed by atoms with van der Waals surface area (Å²) in [5.41, 5.74) is 3.24. The molecule has 0 amide bonds. The van der Waals surface area contributed by atoms with Crippen LogP contribution in [-0.4, -0.2) is 4.98 Å². The van der Waals surface area contributed by atoms with E-state index in [0.717, 1.165) is 11.3 Å². The van der Waals surface area contributed by atoms with Gasteiger partial charge in [0.15, 0.2) is 0 Å². The van der Waals surface area contributed by atoms with Gasteiger partial charge in [0, 0.05) is 26.6 Å². The Morgan fingerprint density at radius 2 is 2.00 bits per heavy atom. The molecule has 1 aromatic heterocycles. The van der Waals surface area contributed by atoms with Crippen molar-refractivity contribution in [2.24, 2.45) is 0 Å². The van der Waals surface area contributed by atoms with Gasteiger partial charge in [0.05, 0.1) is 0 Å². The molecule has 2 aromatic rings. The van der Waals surface area contributed by atoms with Crippen LogP contribution >= 0.6 is 0 Å². The number of aryl methyl sites for hydroxylation is 1. The number of pyridine rings is 1. The summed E-state index contributed by atoms with van der Waals surface area (Å²) < 4.78 is 0. The Morgan fingerprint density at radius 1 is 1.14 bits per heavy atom. The average molecular weight is 354 g/mol. The van der Waals surface area contributed by atoms with Crippen molar-refractivity contribution in [3.8, 4) is 11.3 Å². The third-order valence-electron chi connectivity index (χ3n) is 1.91. The van der Waals surface area contributed by atoms with E-state index in [2.05, 4.69) is 24.0 Å². The third kappa shape index (κ3) is 2.51. The molecule has 1 radical (unpaired) electrons. The zero-order valence-electron chi connectivity index (χ0n) is 7.87. The molecule has 71 valence electrons. The fraction of sp³-hybridized carbons (Fsp3) is 0.0833. The van der Waals surface area contributed by atoms with Crippen LogP contribution in [0.5, 0.6) is 0 Å². The van der Waals surface area contributed by atoms with E-state index in [0.29, 0.717) is 0 Å². The van der Waals surface area contributed by atoms with Crippen LogP contribution in [0, 0.1) is 13.0 Å². The van der Waals surface area contributed by atoms with Crippen molar-refractivity contribution in [1.82, 2.24) is 4.98 Å². The second-order valence-electron chi connectivity index (χ2n) is 2.99. The predicted octanol–water partition coefficient (Wildman–Crippen LogP) is 2.85. The van der Waals surface area contributed by atoms with E-state index in [9.17, 15) is 0 Å². The summed E-state index contributed by atoms with van der Waals surface area (Å²) in [5.74, 6) is 0. The summed E-state index contributed by atoms with van der Waals surface area (Å²) in [6, 6.07) is 15.2. The normalized spacial score (nSPS) is 9.21. The summed E-state index contributed by atoms with van der Waals surface area (Å²) >= 11 is 0. The monoisotopic (exact) mass is 355 g/mol. The van der Waals surface area contributed by atoms with E-state index in [4.69, 9.17) is 0 Å². The summed E-state index contributed by atoms with van der Waals surface area (Å²) in [5, 5.41) is 0. The quantitative estimate of drug-likeness (QED) is 0.718. The van der Waals surface area contributed by atoms with Gasteiger partial charge >= 0.3 is 0 Å². The van der Waals surface area contributed by atoms with Crippen molar-refractivity contribution in [2.45, 2.75) is 6.92 Å². The van der Waals surface area contributed by atoms with Crippen molar-refractivity contribution >= 4 is 0 Å². The van der Waals surface area contributed by atoms with Gasteiger partial charge in [-0.2, -0.15) is 0 Å². The van der Waals surface area contributed by atoms with Gasteiger partial charge in [-0.15, -0.1) is 35.4 Å². The number of rotatable bonds is 1. The minimum Gasteiger partial charge on any atom is -0.305 e. The Balaban J connectivity index is 0.000000980. The van der Waals surface area contributed by atoms with Crippen LogP contribution < -0.4 is 0 Å². The maximum Gasteiger partial charge on any atom is 0.0160 e. The zero-order chi connectivity index (χ0) is 9.10. The molecular formula is C12H10NRe-. The maximum absolute atomic E-state index is 4.25. The third-order valence-corrected chi connectivity index (χ3v) is 1.91. The summed E-state index contributed by atoms with van der Waals surface area (Å²) in [4.78, 5) is 4.25. The minimum absolute atomic E-state index is 0. The minimum atomic E-state index is 0. The molecule has 1 nitrogen and oxygen atoms in total. The van der Waals surface area contributed by atoms with Crippen LogP contribution in [0.15, 0.2) is 42.6 Å². The molecule has 0 N–H and O–H groups in total. The number of hydrogen-bond donors (Lipinski definition) is 0. The zero-order valence-corrected chi connectivity index (χ0v) is 10.6. The molecule has 0 atom stereocenters. The van der Waals surface area contributed by atoms with E-state index in [1.807, 2.05) is 30.3 Å². The molecule has 1 heterocycles. The van der Waals surface area contributed by atoms with Gasteiger partial charge in [-0.25, -0.2) is 0 Å². The van der Waals surface area contributed by atoms with Crippen molar-refractivity contribution in [3.63, 3.8) is 0 Å². The van der Waals surface area contributed by atoms with Crippen LogP contribution in [0.4, 0.5) is 0 Å². The number of nitrogens with zero attached hydrogens (tertiary/aromatic N) is 1. The fourth-order valence-corrected chi connectivity index (χ4v) is 1.18. The predicted molar refractivity (Wildman–Crippen MR) is 53.2 cm³/mol. The van der Waals surface area contributed by atoms with E-state index in [-0.39, 0.29) is 20.4 Å². The van der Waals surface area contributed by atoms with Crippen molar-refractivity contribution in [2.75, 3.05) is 0 Å².